The lowest BCUT2D eigenvalue weighted by molar-refractivity contribution is -0.138. The summed E-state index contributed by atoms with van der Waals surface area (Å²) < 4.78 is 62.5. The van der Waals surface area contributed by atoms with E-state index >= 15 is 0 Å². The molecule has 0 saturated carbocycles. The Balaban J connectivity index is 3.23. The number of hydrogen-bond acceptors (Lipinski definition) is 3. The number of sulfonamides is 1. The fourth-order valence-electron chi connectivity index (χ4n) is 1.62. The SMILES string of the molecule is CCS(=O)(=O)N(CCC(=O)O)c1cccc(C(F)(F)F)c1. The Morgan fingerprint density at radius 2 is 1.95 bits per heavy atom. The number of carboxylic acid groups (broad SMARTS) is 1. The number of rotatable bonds is 6. The van der Waals surface area contributed by atoms with Crippen LogP contribution in [0, 0.1) is 0 Å². The lowest BCUT2D eigenvalue weighted by Crippen LogP contribution is -2.34. The average Bonchev–Trinajstić information content (AvgIpc) is 2.37. The molecule has 9 heteroatoms. The van der Waals surface area contributed by atoms with E-state index in [4.69, 9.17) is 5.11 Å². The highest BCUT2D eigenvalue weighted by atomic mass is 32.2. The number of carbonyl (C=O) groups is 1. The van der Waals surface area contributed by atoms with Crippen LogP contribution >= 0.6 is 0 Å². The Hall–Kier alpha value is -1.77. The van der Waals surface area contributed by atoms with E-state index in [0.717, 1.165) is 12.1 Å². The third-order valence-corrected chi connectivity index (χ3v) is 4.49. The van der Waals surface area contributed by atoms with Crippen molar-refractivity contribution < 1.29 is 31.5 Å². The minimum Gasteiger partial charge on any atom is -0.481 e. The predicted molar refractivity (Wildman–Crippen MR) is 70.5 cm³/mol. The van der Waals surface area contributed by atoms with Crippen molar-refractivity contribution in [3.63, 3.8) is 0 Å². The summed E-state index contributed by atoms with van der Waals surface area (Å²) in [5.74, 6) is -1.58. The van der Waals surface area contributed by atoms with Gasteiger partial charge in [0.1, 0.15) is 0 Å². The number of benzene rings is 1. The molecule has 118 valence electrons. The first-order chi connectivity index (χ1) is 9.58. The minimum absolute atomic E-state index is 0.201. The molecule has 1 aromatic carbocycles. The highest BCUT2D eigenvalue weighted by Crippen LogP contribution is 2.32. The molecule has 0 aromatic heterocycles. The molecule has 0 saturated heterocycles. The zero-order chi connectivity index (χ0) is 16.3. The van der Waals surface area contributed by atoms with Crippen LogP contribution in [0.1, 0.15) is 18.9 Å². The summed E-state index contributed by atoms with van der Waals surface area (Å²) in [6.45, 7) is 0.906. The smallest absolute Gasteiger partial charge is 0.416 e. The number of alkyl halides is 3. The molecule has 21 heavy (non-hydrogen) atoms. The van der Waals surface area contributed by atoms with Crippen molar-refractivity contribution in [1.82, 2.24) is 0 Å². The Bertz CT molecular complexity index is 613. The van der Waals surface area contributed by atoms with E-state index in [-0.39, 0.29) is 11.4 Å². The topological polar surface area (TPSA) is 74.7 Å². The van der Waals surface area contributed by atoms with E-state index in [1.165, 1.54) is 13.0 Å². The van der Waals surface area contributed by atoms with E-state index in [1.807, 2.05) is 0 Å². The number of carboxylic acids is 1. The first-order valence-electron chi connectivity index (χ1n) is 5.97. The van der Waals surface area contributed by atoms with Crippen molar-refractivity contribution in [2.45, 2.75) is 19.5 Å². The van der Waals surface area contributed by atoms with Gasteiger partial charge < -0.3 is 5.11 Å². The molecule has 0 aliphatic carbocycles. The summed E-state index contributed by atoms with van der Waals surface area (Å²) in [5.41, 5.74) is -1.19. The quantitative estimate of drug-likeness (QED) is 0.871. The molecule has 5 nitrogen and oxygen atoms in total. The van der Waals surface area contributed by atoms with Crippen molar-refractivity contribution in [2.24, 2.45) is 0 Å². The van der Waals surface area contributed by atoms with Crippen molar-refractivity contribution in [3.05, 3.63) is 29.8 Å². The standard InChI is InChI=1S/C12H14F3NO4S/c1-2-21(19,20)16(7-6-11(17)18)10-5-3-4-9(8-10)12(13,14)15/h3-5,8H,2,6-7H2,1H3,(H,17,18). The van der Waals surface area contributed by atoms with E-state index in [1.54, 1.807) is 0 Å². The fourth-order valence-corrected chi connectivity index (χ4v) is 2.74. The maximum Gasteiger partial charge on any atom is 0.416 e. The summed E-state index contributed by atoms with van der Waals surface area (Å²) >= 11 is 0. The summed E-state index contributed by atoms with van der Waals surface area (Å²) in [7, 11) is -3.87. The second-order valence-corrected chi connectivity index (χ2v) is 6.35. The summed E-state index contributed by atoms with van der Waals surface area (Å²) in [6.07, 6.45) is -5.11. The first kappa shape index (κ1) is 17.3. The molecule has 1 rings (SSSR count). The second-order valence-electron chi connectivity index (χ2n) is 4.16. The van der Waals surface area contributed by atoms with Crippen LogP contribution in [0.2, 0.25) is 0 Å². The number of nitrogens with zero attached hydrogens (tertiary/aromatic N) is 1. The molecule has 0 spiro atoms. The molecule has 0 heterocycles. The highest BCUT2D eigenvalue weighted by Gasteiger charge is 2.31. The van der Waals surface area contributed by atoms with Gasteiger partial charge in [-0.15, -0.1) is 0 Å². The van der Waals surface area contributed by atoms with Crippen LogP contribution in [-0.4, -0.2) is 31.8 Å². The van der Waals surface area contributed by atoms with Gasteiger partial charge in [0.25, 0.3) is 0 Å². The van der Waals surface area contributed by atoms with Gasteiger partial charge in [-0.1, -0.05) is 6.07 Å². The molecule has 1 aromatic rings. The van der Waals surface area contributed by atoms with E-state index in [0.29, 0.717) is 10.4 Å². The van der Waals surface area contributed by atoms with Crippen LogP contribution in [0.15, 0.2) is 24.3 Å². The monoisotopic (exact) mass is 325 g/mol. The molecule has 0 radical (unpaired) electrons. The number of aliphatic carboxylic acids is 1. The predicted octanol–water partition coefficient (Wildman–Crippen LogP) is 2.34. The zero-order valence-corrected chi connectivity index (χ0v) is 11.9. The molecule has 0 fully saturated rings. The van der Waals surface area contributed by atoms with Gasteiger partial charge in [0.05, 0.1) is 23.4 Å². The normalized spacial score (nSPS) is 12.2. The highest BCUT2D eigenvalue weighted by molar-refractivity contribution is 7.92. The molecule has 0 aliphatic rings. The largest absolute Gasteiger partial charge is 0.481 e. The zero-order valence-electron chi connectivity index (χ0n) is 11.1. The van der Waals surface area contributed by atoms with E-state index < -0.39 is 40.7 Å². The fraction of sp³-hybridized carbons (Fsp3) is 0.417. The second kappa shape index (κ2) is 6.33. The Labute approximate surface area is 120 Å². The Morgan fingerprint density at radius 1 is 1.33 bits per heavy atom. The summed E-state index contributed by atoms with van der Waals surface area (Å²) in [5, 5.41) is 8.63. The number of anilines is 1. The lowest BCUT2D eigenvalue weighted by atomic mass is 10.2. The van der Waals surface area contributed by atoms with Crippen LogP contribution in [0.5, 0.6) is 0 Å². The van der Waals surface area contributed by atoms with Crippen LogP contribution < -0.4 is 4.31 Å². The van der Waals surface area contributed by atoms with Crippen LogP contribution in [-0.2, 0) is 21.0 Å². The van der Waals surface area contributed by atoms with Gasteiger partial charge in [-0.3, -0.25) is 9.10 Å². The molecular weight excluding hydrogens is 311 g/mol. The molecule has 0 atom stereocenters. The Kier molecular flexibility index (Phi) is 5.21. The average molecular weight is 325 g/mol. The van der Waals surface area contributed by atoms with Gasteiger partial charge in [0.2, 0.25) is 10.0 Å². The van der Waals surface area contributed by atoms with Crippen molar-refractivity contribution >= 4 is 21.7 Å². The molecule has 1 N–H and O–H groups in total. The van der Waals surface area contributed by atoms with Crippen LogP contribution in [0.25, 0.3) is 0 Å². The first-order valence-corrected chi connectivity index (χ1v) is 7.58. The maximum absolute atomic E-state index is 12.7. The van der Waals surface area contributed by atoms with Crippen LogP contribution in [0.4, 0.5) is 18.9 Å². The van der Waals surface area contributed by atoms with Crippen LogP contribution in [0.3, 0.4) is 0 Å². The minimum atomic E-state index is -4.61. The van der Waals surface area contributed by atoms with Gasteiger partial charge in [0.15, 0.2) is 0 Å². The van der Waals surface area contributed by atoms with Crippen molar-refractivity contribution in [3.8, 4) is 0 Å². The van der Waals surface area contributed by atoms with Gasteiger partial charge in [0, 0.05) is 6.54 Å². The molecule has 0 unspecified atom stereocenters. The molecule has 0 aliphatic heterocycles. The number of halogens is 3. The van der Waals surface area contributed by atoms with Gasteiger partial charge in [-0.2, -0.15) is 13.2 Å². The third-order valence-electron chi connectivity index (χ3n) is 2.69. The molecule has 0 amide bonds. The van der Waals surface area contributed by atoms with Gasteiger partial charge in [-0.05, 0) is 25.1 Å². The molecular formula is C12H14F3NO4S. The number of hydrogen-bond donors (Lipinski definition) is 1. The van der Waals surface area contributed by atoms with Crippen molar-refractivity contribution in [1.29, 1.82) is 0 Å². The lowest BCUT2D eigenvalue weighted by Gasteiger charge is -2.24. The Morgan fingerprint density at radius 3 is 2.43 bits per heavy atom. The van der Waals surface area contributed by atoms with E-state index in [9.17, 15) is 26.4 Å². The maximum atomic E-state index is 12.7. The van der Waals surface area contributed by atoms with Gasteiger partial charge in [-0.25, -0.2) is 8.42 Å². The molecule has 0 bridgehead atoms. The van der Waals surface area contributed by atoms with Gasteiger partial charge >= 0.3 is 12.1 Å². The van der Waals surface area contributed by atoms with Crippen molar-refractivity contribution in [2.75, 3.05) is 16.6 Å². The summed E-state index contributed by atoms with van der Waals surface area (Å²) in [6, 6.07) is 3.79. The third kappa shape index (κ3) is 4.62. The van der Waals surface area contributed by atoms with E-state index in [2.05, 4.69) is 0 Å². The summed E-state index contributed by atoms with van der Waals surface area (Å²) in [4.78, 5) is 10.6.